The number of rotatable bonds is 6. The normalized spacial score (nSPS) is 10.6. The topological polar surface area (TPSA) is 64.6 Å². The molecule has 156 valence electrons. The van der Waals surface area contributed by atoms with Crippen LogP contribution in [-0.4, -0.2) is 25.6 Å². The van der Waals surface area contributed by atoms with Crippen molar-refractivity contribution >= 4 is 67.3 Å². The smallest absolute Gasteiger partial charge is 0.341 e. The number of thiophene rings is 1. The van der Waals surface area contributed by atoms with Gasteiger partial charge in [0, 0.05) is 26.0 Å². The van der Waals surface area contributed by atoms with Crippen molar-refractivity contribution in [2.24, 2.45) is 0 Å². The van der Waals surface area contributed by atoms with E-state index in [0.29, 0.717) is 31.9 Å². The highest BCUT2D eigenvalue weighted by Gasteiger charge is 2.25. The van der Waals surface area contributed by atoms with Crippen LogP contribution in [0.2, 0.25) is 10.0 Å². The van der Waals surface area contributed by atoms with Crippen molar-refractivity contribution in [2.45, 2.75) is 6.92 Å². The van der Waals surface area contributed by atoms with Crippen LogP contribution in [-0.2, 0) is 9.53 Å². The predicted octanol–water partition coefficient (Wildman–Crippen LogP) is 6.60. The zero-order valence-corrected chi connectivity index (χ0v) is 19.8. The maximum absolute atomic E-state index is 12.5. The molecule has 0 saturated heterocycles. The van der Waals surface area contributed by atoms with Crippen molar-refractivity contribution < 1.29 is 19.1 Å². The average Bonchev–Trinajstić information content (AvgIpc) is 3.04. The predicted molar refractivity (Wildman–Crippen MR) is 124 cm³/mol. The summed E-state index contributed by atoms with van der Waals surface area (Å²) in [6, 6.07) is 12.3. The molecule has 0 aliphatic rings. The highest BCUT2D eigenvalue weighted by Crippen LogP contribution is 2.40. The van der Waals surface area contributed by atoms with Crippen molar-refractivity contribution in [2.75, 3.05) is 19.0 Å². The van der Waals surface area contributed by atoms with Gasteiger partial charge in [-0.15, -0.1) is 11.3 Å². The Balaban J connectivity index is 1.85. The molecule has 2 aromatic carbocycles. The summed E-state index contributed by atoms with van der Waals surface area (Å²) < 4.78 is 11.3. The summed E-state index contributed by atoms with van der Waals surface area (Å²) in [5.41, 5.74) is 1.86. The quantitative estimate of drug-likeness (QED) is 0.366. The monoisotopic (exact) mass is 527 g/mol. The maximum atomic E-state index is 12.5. The molecule has 3 aromatic rings. The van der Waals surface area contributed by atoms with Crippen LogP contribution in [0.1, 0.15) is 15.2 Å². The van der Waals surface area contributed by atoms with Gasteiger partial charge in [-0.2, -0.15) is 0 Å². The van der Waals surface area contributed by atoms with Crippen LogP contribution < -0.4 is 10.1 Å². The molecule has 0 atom stereocenters. The SMILES string of the molecule is COC(=O)c1c(NC(=O)COc2cc(Cl)ccc2Cl)sc(C)c1-c1ccc(Br)cc1. The first-order valence-electron chi connectivity index (χ1n) is 8.65. The number of carbonyl (C=O) groups excluding carboxylic acids is 2. The molecule has 1 aromatic heterocycles. The van der Waals surface area contributed by atoms with Gasteiger partial charge in [0.25, 0.3) is 5.91 Å². The number of hydrogen-bond acceptors (Lipinski definition) is 5. The Hall–Kier alpha value is -2.06. The molecular formula is C21H16BrCl2NO4S. The third-order valence-corrected chi connectivity index (χ3v) is 6.21. The fraction of sp³-hybridized carbons (Fsp3) is 0.143. The van der Waals surface area contributed by atoms with Crippen molar-refractivity contribution in [3.05, 3.63) is 67.4 Å². The number of halogens is 3. The van der Waals surface area contributed by atoms with E-state index in [1.807, 2.05) is 31.2 Å². The van der Waals surface area contributed by atoms with E-state index in [2.05, 4.69) is 21.2 Å². The lowest BCUT2D eigenvalue weighted by Crippen LogP contribution is -2.21. The number of methoxy groups -OCH3 is 1. The minimum Gasteiger partial charge on any atom is -0.482 e. The Morgan fingerprint density at radius 2 is 1.83 bits per heavy atom. The number of benzene rings is 2. The molecule has 1 amide bonds. The van der Waals surface area contributed by atoms with Crippen LogP contribution in [0, 0.1) is 6.92 Å². The Morgan fingerprint density at radius 1 is 1.13 bits per heavy atom. The summed E-state index contributed by atoms with van der Waals surface area (Å²) in [5, 5.41) is 3.91. The van der Waals surface area contributed by atoms with Crippen LogP contribution in [0.25, 0.3) is 11.1 Å². The van der Waals surface area contributed by atoms with Gasteiger partial charge in [0.15, 0.2) is 6.61 Å². The summed E-state index contributed by atoms with van der Waals surface area (Å²) in [5.74, 6) is -0.684. The number of nitrogens with one attached hydrogen (secondary N) is 1. The Morgan fingerprint density at radius 3 is 2.50 bits per heavy atom. The van der Waals surface area contributed by atoms with Crippen molar-refractivity contribution in [1.82, 2.24) is 0 Å². The molecule has 0 bridgehead atoms. The number of anilines is 1. The summed E-state index contributed by atoms with van der Waals surface area (Å²) >= 11 is 16.7. The number of carbonyl (C=O) groups is 2. The minimum atomic E-state index is -0.536. The highest BCUT2D eigenvalue weighted by molar-refractivity contribution is 9.10. The van der Waals surface area contributed by atoms with Crippen LogP contribution >= 0.6 is 50.5 Å². The van der Waals surface area contributed by atoms with Gasteiger partial charge in [-0.1, -0.05) is 51.3 Å². The second-order valence-electron chi connectivity index (χ2n) is 6.15. The molecule has 0 unspecified atom stereocenters. The Labute approximate surface area is 196 Å². The largest absolute Gasteiger partial charge is 0.482 e. The average molecular weight is 529 g/mol. The summed E-state index contributed by atoms with van der Waals surface area (Å²) in [6.07, 6.45) is 0. The molecular weight excluding hydrogens is 513 g/mol. The number of aryl methyl sites for hydroxylation is 1. The zero-order chi connectivity index (χ0) is 21.8. The molecule has 0 aliphatic heterocycles. The Bertz CT molecular complexity index is 1100. The van der Waals surface area contributed by atoms with E-state index >= 15 is 0 Å². The molecule has 1 N–H and O–H groups in total. The molecule has 3 rings (SSSR count). The second-order valence-corrected chi connectivity index (χ2v) is 9.13. The van der Waals surface area contributed by atoms with E-state index in [-0.39, 0.29) is 6.61 Å². The third kappa shape index (κ3) is 5.16. The molecule has 0 saturated carbocycles. The summed E-state index contributed by atoms with van der Waals surface area (Å²) in [7, 11) is 1.30. The maximum Gasteiger partial charge on any atom is 0.341 e. The number of amides is 1. The number of esters is 1. The standard InChI is InChI=1S/C21H16BrCl2NO4S/c1-11-18(12-3-5-13(22)6-4-12)19(21(27)28-2)20(30-11)25-17(26)10-29-16-9-14(23)7-8-15(16)24/h3-9H,10H2,1-2H3,(H,25,26). The first-order chi connectivity index (χ1) is 14.3. The van der Waals surface area contributed by atoms with Gasteiger partial charge in [0.05, 0.1) is 12.1 Å². The number of ether oxygens (including phenoxy) is 2. The van der Waals surface area contributed by atoms with Crippen LogP contribution in [0.15, 0.2) is 46.9 Å². The second kappa shape index (κ2) is 9.83. The number of hydrogen-bond donors (Lipinski definition) is 1. The van der Waals surface area contributed by atoms with E-state index < -0.39 is 11.9 Å². The van der Waals surface area contributed by atoms with Crippen LogP contribution in [0.3, 0.4) is 0 Å². The molecule has 0 radical (unpaired) electrons. The van der Waals surface area contributed by atoms with E-state index in [1.165, 1.54) is 24.5 Å². The molecule has 0 aliphatic carbocycles. The van der Waals surface area contributed by atoms with Crippen molar-refractivity contribution in [1.29, 1.82) is 0 Å². The summed E-state index contributed by atoms with van der Waals surface area (Å²) in [4.78, 5) is 25.9. The van der Waals surface area contributed by atoms with E-state index in [9.17, 15) is 9.59 Å². The van der Waals surface area contributed by atoms with Crippen LogP contribution in [0.4, 0.5) is 5.00 Å². The lowest BCUT2D eigenvalue weighted by molar-refractivity contribution is -0.118. The van der Waals surface area contributed by atoms with E-state index in [0.717, 1.165) is 14.9 Å². The molecule has 0 spiro atoms. The molecule has 5 nitrogen and oxygen atoms in total. The molecule has 30 heavy (non-hydrogen) atoms. The molecule has 9 heteroatoms. The van der Waals surface area contributed by atoms with Gasteiger partial charge in [0.1, 0.15) is 16.3 Å². The lowest BCUT2D eigenvalue weighted by Gasteiger charge is -2.10. The zero-order valence-electron chi connectivity index (χ0n) is 15.9. The first kappa shape index (κ1) is 22.6. The fourth-order valence-electron chi connectivity index (χ4n) is 2.79. The van der Waals surface area contributed by atoms with E-state index in [4.69, 9.17) is 32.7 Å². The van der Waals surface area contributed by atoms with Gasteiger partial charge in [-0.25, -0.2) is 4.79 Å². The van der Waals surface area contributed by atoms with Gasteiger partial charge >= 0.3 is 5.97 Å². The van der Waals surface area contributed by atoms with Crippen molar-refractivity contribution in [3.63, 3.8) is 0 Å². The first-order valence-corrected chi connectivity index (χ1v) is 11.0. The van der Waals surface area contributed by atoms with Crippen molar-refractivity contribution in [3.8, 4) is 16.9 Å². The van der Waals surface area contributed by atoms with Crippen LogP contribution in [0.5, 0.6) is 5.75 Å². The third-order valence-electron chi connectivity index (χ3n) is 4.11. The van der Waals surface area contributed by atoms with Gasteiger partial charge < -0.3 is 14.8 Å². The lowest BCUT2D eigenvalue weighted by atomic mass is 10.0. The fourth-order valence-corrected chi connectivity index (χ4v) is 4.47. The minimum absolute atomic E-state index is 0.297. The Kier molecular flexibility index (Phi) is 7.41. The van der Waals surface area contributed by atoms with Gasteiger partial charge in [-0.05, 0) is 36.8 Å². The highest BCUT2D eigenvalue weighted by atomic mass is 79.9. The van der Waals surface area contributed by atoms with Gasteiger partial charge in [-0.3, -0.25) is 4.79 Å². The van der Waals surface area contributed by atoms with Gasteiger partial charge in [0.2, 0.25) is 0 Å². The molecule has 0 fully saturated rings. The molecule has 1 heterocycles. The summed E-state index contributed by atoms with van der Waals surface area (Å²) in [6.45, 7) is 1.58. The van der Waals surface area contributed by atoms with E-state index in [1.54, 1.807) is 12.1 Å².